The number of hydrogen-bond donors (Lipinski definition) is 1. The first-order valence-corrected chi connectivity index (χ1v) is 7.65. The Bertz CT molecular complexity index is 644. The minimum atomic E-state index is 0.752. The van der Waals surface area contributed by atoms with Gasteiger partial charge in [-0.25, -0.2) is 0 Å². The maximum Gasteiger partial charge on any atom is 0.126 e. The summed E-state index contributed by atoms with van der Waals surface area (Å²) in [7, 11) is 1.73. The van der Waals surface area contributed by atoms with Crippen LogP contribution in [0.3, 0.4) is 0 Å². The van der Waals surface area contributed by atoms with Crippen molar-refractivity contribution in [1.29, 1.82) is 0 Å². The predicted molar refractivity (Wildman–Crippen MR) is 87.8 cm³/mol. The van der Waals surface area contributed by atoms with Crippen molar-refractivity contribution in [2.45, 2.75) is 39.3 Å². The van der Waals surface area contributed by atoms with E-state index in [0.717, 1.165) is 18.3 Å². The third-order valence-electron chi connectivity index (χ3n) is 4.11. The minimum absolute atomic E-state index is 0.752. The quantitative estimate of drug-likeness (QED) is 0.885. The predicted octanol–water partition coefficient (Wildman–Crippen LogP) is 4.23. The largest absolute Gasteiger partial charge is 0.496 e. The summed E-state index contributed by atoms with van der Waals surface area (Å²) in [6.45, 7) is 5.26. The summed E-state index contributed by atoms with van der Waals surface area (Å²) in [5.41, 5.74) is 6.34. The van der Waals surface area contributed by atoms with Crippen LogP contribution >= 0.6 is 0 Å². The van der Waals surface area contributed by atoms with E-state index < -0.39 is 0 Å². The van der Waals surface area contributed by atoms with E-state index in [1.807, 2.05) is 6.07 Å². The lowest BCUT2D eigenvalue weighted by molar-refractivity contribution is 0.416. The molecule has 1 aliphatic carbocycles. The Balaban J connectivity index is 1.89. The van der Waals surface area contributed by atoms with Gasteiger partial charge in [0.15, 0.2) is 0 Å². The Hall–Kier alpha value is -1.80. The van der Waals surface area contributed by atoms with Crippen LogP contribution in [0.2, 0.25) is 0 Å². The van der Waals surface area contributed by atoms with Crippen LogP contribution in [0.1, 0.15) is 29.5 Å². The zero-order chi connectivity index (χ0) is 14.8. The maximum atomic E-state index is 5.51. The fraction of sp³-hybridized carbons (Fsp3) is 0.368. The second-order valence-electron chi connectivity index (χ2n) is 6.01. The van der Waals surface area contributed by atoms with Gasteiger partial charge >= 0.3 is 0 Å². The van der Waals surface area contributed by atoms with Gasteiger partial charge in [-0.3, -0.25) is 0 Å². The number of ether oxygens (including phenoxy) is 1. The van der Waals surface area contributed by atoms with E-state index in [-0.39, 0.29) is 0 Å². The van der Waals surface area contributed by atoms with E-state index in [9.17, 15) is 0 Å². The van der Waals surface area contributed by atoms with Crippen LogP contribution in [0.4, 0.5) is 0 Å². The molecule has 110 valence electrons. The van der Waals surface area contributed by atoms with Gasteiger partial charge in [-0.05, 0) is 55.5 Å². The lowest BCUT2D eigenvalue weighted by atomic mass is 9.96. The average Bonchev–Trinajstić information content (AvgIpc) is 3.29. The summed E-state index contributed by atoms with van der Waals surface area (Å²) >= 11 is 0. The third kappa shape index (κ3) is 3.27. The molecule has 1 aliphatic rings. The van der Waals surface area contributed by atoms with Crippen LogP contribution in [0, 0.1) is 13.8 Å². The zero-order valence-corrected chi connectivity index (χ0v) is 13.1. The molecule has 0 unspecified atom stereocenters. The van der Waals surface area contributed by atoms with Crippen LogP contribution in [-0.2, 0) is 6.54 Å². The van der Waals surface area contributed by atoms with Gasteiger partial charge in [0.2, 0.25) is 0 Å². The van der Waals surface area contributed by atoms with Crippen LogP contribution in [0.5, 0.6) is 5.75 Å². The summed E-state index contributed by atoms with van der Waals surface area (Å²) in [6.07, 6.45) is 2.66. The molecule has 2 aromatic carbocycles. The molecule has 0 bridgehead atoms. The molecule has 0 aliphatic heterocycles. The van der Waals surface area contributed by atoms with Gasteiger partial charge in [-0.15, -0.1) is 0 Å². The number of rotatable bonds is 5. The van der Waals surface area contributed by atoms with Gasteiger partial charge in [0.05, 0.1) is 7.11 Å². The van der Waals surface area contributed by atoms with Crippen molar-refractivity contribution in [1.82, 2.24) is 5.32 Å². The Labute approximate surface area is 127 Å². The number of aryl methyl sites for hydroxylation is 2. The van der Waals surface area contributed by atoms with Crippen molar-refractivity contribution in [2.24, 2.45) is 0 Å². The molecule has 3 rings (SSSR count). The summed E-state index contributed by atoms with van der Waals surface area (Å²) in [5.74, 6) is 0.938. The molecule has 0 atom stereocenters. The molecule has 0 amide bonds. The SMILES string of the molecule is COc1ccc(C)cc1-c1ccc(CNC2CC2)cc1C. The summed E-state index contributed by atoms with van der Waals surface area (Å²) in [4.78, 5) is 0. The maximum absolute atomic E-state index is 5.51. The average molecular weight is 281 g/mol. The molecule has 2 aromatic rings. The van der Waals surface area contributed by atoms with E-state index in [1.165, 1.54) is 40.7 Å². The fourth-order valence-electron chi connectivity index (χ4n) is 2.72. The number of benzene rings is 2. The molecule has 1 fully saturated rings. The van der Waals surface area contributed by atoms with Gasteiger partial charge in [0, 0.05) is 18.2 Å². The van der Waals surface area contributed by atoms with Gasteiger partial charge in [0.25, 0.3) is 0 Å². The van der Waals surface area contributed by atoms with E-state index in [4.69, 9.17) is 4.74 Å². The summed E-state index contributed by atoms with van der Waals surface area (Å²) in [5, 5.41) is 3.57. The molecule has 0 heterocycles. The van der Waals surface area contributed by atoms with Gasteiger partial charge in [0.1, 0.15) is 5.75 Å². The van der Waals surface area contributed by atoms with Crippen molar-refractivity contribution in [3.63, 3.8) is 0 Å². The van der Waals surface area contributed by atoms with Crippen LogP contribution in [0.25, 0.3) is 11.1 Å². The Morgan fingerprint density at radius 1 is 1.05 bits per heavy atom. The highest BCUT2D eigenvalue weighted by Crippen LogP contribution is 2.33. The van der Waals surface area contributed by atoms with Crippen molar-refractivity contribution in [2.75, 3.05) is 7.11 Å². The molecular formula is C19H23NO. The van der Waals surface area contributed by atoms with Crippen LogP contribution < -0.4 is 10.1 Å². The zero-order valence-electron chi connectivity index (χ0n) is 13.1. The van der Waals surface area contributed by atoms with Crippen LogP contribution in [-0.4, -0.2) is 13.2 Å². The Morgan fingerprint density at radius 3 is 2.52 bits per heavy atom. The summed E-state index contributed by atoms with van der Waals surface area (Å²) < 4.78 is 5.51. The van der Waals surface area contributed by atoms with Gasteiger partial charge in [-0.2, -0.15) is 0 Å². The highest BCUT2D eigenvalue weighted by atomic mass is 16.5. The van der Waals surface area contributed by atoms with Gasteiger partial charge in [-0.1, -0.05) is 29.8 Å². The lowest BCUT2D eigenvalue weighted by Crippen LogP contribution is -2.15. The van der Waals surface area contributed by atoms with Gasteiger partial charge < -0.3 is 10.1 Å². The molecule has 2 heteroatoms. The van der Waals surface area contributed by atoms with Crippen molar-refractivity contribution in [3.8, 4) is 16.9 Å². The second-order valence-corrected chi connectivity index (χ2v) is 6.01. The van der Waals surface area contributed by atoms with Crippen molar-refractivity contribution >= 4 is 0 Å². The molecule has 1 saturated carbocycles. The highest BCUT2D eigenvalue weighted by Gasteiger charge is 2.20. The summed E-state index contributed by atoms with van der Waals surface area (Å²) in [6, 6.07) is 13.8. The third-order valence-corrected chi connectivity index (χ3v) is 4.11. The van der Waals surface area contributed by atoms with E-state index in [1.54, 1.807) is 7.11 Å². The molecule has 0 aromatic heterocycles. The van der Waals surface area contributed by atoms with E-state index >= 15 is 0 Å². The highest BCUT2D eigenvalue weighted by molar-refractivity contribution is 5.74. The fourth-order valence-corrected chi connectivity index (χ4v) is 2.72. The molecular weight excluding hydrogens is 258 g/mol. The topological polar surface area (TPSA) is 21.3 Å². The van der Waals surface area contributed by atoms with E-state index in [2.05, 4.69) is 49.5 Å². The Kier molecular flexibility index (Phi) is 3.98. The molecule has 0 saturated heterocycles. The first-order chi connectivity index (χ1) is 10.2. The first-order valence-electron chi connectivity index (χ1n) is 7.65. The standard InChI is InChI=1S/C19H23NO/c1-13-4-9-19(21-3)18(10-13)17-8-5-15(11-14(17)2)12-20-16-6-7-16/h4-5,8-11,16,20H,6-7,12H2,1-3H3. The molecule has 0 spiro atoms. The lowest BCUT2D eigenvalue weighted by Gasteiger charge is -2.13. The smallest absolute Gasteiger partial charge is 0.126 e. The number of nitrogens with one attached hydrogen (secondary N) is 1. The second kappa shape index (κ2) is 5.90. The number of methoxy groups -OCH3 is 1. The van der Waals surface area contributed by atoms with Crippen molar-refractivity contribution in [3.05, 3.63) is 53.1 Å². The molecule has 0 radical (unpaired) electrons. The molecule has 2 nitrogen and oxygen atoms in total. The number of hydrogen-bond acceptors (Lipinski definition) is 2. The van der Waals surface area contributed by atoms with E-state index in [0.29, 0.717) is 0 Å². The normalized spacial score (nSPS) is 14.2. The Morgan fingerprint density at radius 2 is 1.86 bits per heavy atom. The monoisotopic (exact) mass is 281 g/mol. The van der Waals surface area contributed by atoms with Crippen molar-refractivity contribution < 1.29 is 4.74 Å². The molecule has 1 N–H and O–H groups in total. The minimum Gasteiger partial charge on any atom is -0.496 e. The molecule has 21 heavy (non-hydrogen) atoms. The first kappa shape index (κ1) is 14.2. The van der Waals surface area contributed by atoms with Crippen LogP contribution in [0.15, 0.2) is 36.4 Å².